The third kappa shape index (κ3) is 4.35. The summed E-state index contributed by atoms with van der Waals surface area (Å²) in [7, 11) is 0. The zero-order valence-corrected chi connectivity index (χ0v) is 11.0. The van der Waals surface area contributed by atoms with Crippen molar-refractivity contribution in [2.24, 2.45) is 0 Å². The van der Waals surface area contributed by atoms with E-state index < -0.39 is 0 Å². The van der Waals surface area contributed by atoms with E-state index in [0.29, 0.717) is 13.3 Å². The molecular formula is C13H19N3O3. The fourth-order valence-corrected chi connectivity index (χ4v) is 1.64. The molecule has 6 nitrogen and oxygen atoms in total. The molecule has 0 atom stereocenters. The van der Waals surface area contributed by atoms with Crippen LogP contribution in [0.4, 0.5) is 0 Å². The Hall–Kier alpha value is -1.92. The van der Waals surface area contributed by atoms with Gasteiger partial charge in [-0.1, -0.05) is 18.7 Å². The molecule has 1 heterocycles. The van der Waals surface area contributed by atoms with Gasteiger partial charge in [0.05, 0.1) is 13.3 Å². The molecule has 1 aliphatic rings. The second-order valence-corrected chi connectivity index (χ2v) is 4.00. The van der Waals surface area contributed by atoms with Gasteiger partial charge in [-0.2, -0.15) is 0 Å². The molecule has 0 bridgehead atoms. The van der Waals surface area contributed by atoms with Gasteiger partial charge in [-0.3, -0.25) is 14.4 Å². The van der Waals surface area contributed by atoms with E-state index in [1.807, 2.05) is 0 Å². The Labute approximate surface area is 113 Å². The van der Waals surface area contributed by atoms with Crippen molar-refractivity contribution in [3.63, 3.8) is 0 Å². The Morgan fingerprint density at radius 3 is 2.32 bits per heavy atom. The Kier molecular flexibility index (Phi) is 5.98. The van der Waals surface area contributed by atoms with Crippen molar-refractivity contribution in [3.05, 3.63) is 38.0 Å². The van der Waals surface area contributed by atoms with E-state index in [9.17, 15) is 9.59 Å². The van der Waals surface area contributed by atoms with Crippen molar-refractivity contribution in [2.45, 2.75) is 6.42 Å². The first-order chi connectivity index (χ1) is 9.12. The van der Waals surface area contributed by atoms with Gasteiger partial charge in [-0.05, 0) is 6.08 Å². The minimum absolute atomic E-state index is 0.108. The van der Waals surface area contributed by atoms with Gasteiger partial charge in [0.2, 0.25) is 11.8 Å². The van der Waals surface area contributed by atoms with Crippen LogP contribution in [0, 0.1) is 0 Å². The summed E-state index contributed by atoms with van der Waals surface area (Å²) in [5, 5.41) is 1.54. The molecule has 0 aromatic carbocycles. The smallest absolute Gasteiger partial charge is 0.248 e. The van der Waals surface area contributed by atoms with Crippen LogP contribution < -0.4 is 0 Å². The summed E-state index contributed by atoms with van der Waals surface area (Å²) in [6.45, 7) is 11.7. The van der Waals surface area contributed by atoms with Crippen LogP contribution in [-0.2, 0) is 14.4 Å². The topological polar surface area (TPSA) is 53.1 Å². The van der Waals surface area contributed by atoms with Gasteiger partial charge in [0.15, 0.2) is 0 Å². The van der Waals surface area contributed by atoms with E-state index in [2.05, 4.69) is 19.7 Å². The SMILES string of the molecule is C=CCON1CN(C(=O)C=C)CN(C(=O)CC=C)C1. The quantitative estimate of drug-likeness (QED) is 0.524. The zero-order valence-electron chi connectivity index (χ0n) is 11.0. The van der Waals surface area contributed by atoms with Crippen LogP contribution in [0.5, 0.6) is 0 Å². The molecule has 0 aromatic rings. The van der Waals surface area contributed by atoms with Crippen LogP contribution in [0.15, 0.2) is 38.0 Å². The van der Waals surface area contributed by atoms with E-state index in [0.717, 1.165) is 0 Å². The number of nitrogens with zero attached hydrogens (tertiary/aromatic N) is 3. The summed E-state index contributed by atoms with van der Waals surface area (Å²) < 4.78 is 0. The van der Waals surface area contributed by atoms with Crippen LogP contribution in [0.2, 0.25) is 0 Å². The van der Waals surface area contributed by atoms with Crippen LogP contribution in [0.25, 0.3) is 0 Å². The maximum Gasteiger partial charge on any atom is 0.248 e. The molecular weight excluding hydrogens is 246 g/mol. The van der Waals surface area contributed by atoms with Crippen molar-refractivity contribution >= 4 is 11.8 Å². The molecule has 0 spiro atoms. The van der Waals surface area contributed by atoms with Gasteiger partial charge in [0.1, 0.15) is 13.3 Å². The monoisotopic (exact) mass is 265 g/mol. The van der Waals surface area contributed by atoms with Crippen molar-refractivity contribution in [1.29, 1.82) is 0 Å². The predicted octanol–water partition coefficient (Wildman–Crippen LogP) is 0.711. The molecule has 0 aliphatic carbocycles. The molecule has 0 radical (unpaired) electrons. The minimum atomic E-state index is -0.247. The summed E-state index contributed by atoms with van der Waals surface area (Å²) in [6, 6.07) is 0. The second-order valence-electron chi connectivity index (χ2n) is 4.00. The lowest BCUT2D eigenvalue weighted by Crippen LogP contribution is -2.57. The average Bonchev–Trinajstić information content (AvgIpc) is 2.44. The third-order valence-electron chi connectivity index (χ3n) is 2.53. The highest BCUT2D eigenvalue weighted by atomic mass is 16.7. The lowest BCUT2D eigenvalue weighted by molar-refractivity contribution is -0.225. The summed E-state index contributed by atoms with van der Waals surface area (Å²) in [5.74, 6) is -0.355. The first-order valence-corrected chi connectivity index (χ1v) is 5.91. The second kappa shape index (κ2) is 7.50. The van der Waals surface area contributed by atoms with E-state index in [4.69, 9.17) is 4.84 Å². The maximum absolute atomic E-state index is 11.9. The van der Waals surface area contributed by atoms with Crippen LogP contribution in [0.1, 0.15) is 6.42 Å². The normalized spacial score (nSPS) is 16.0. The molecule has 19 heavy (non-hydrogen) atoms. The third-order valence-corrected chi connectivity index (χ3v) is 2.53. The van der Waals surface area contributed by atoms with E-state index in [1.54, 1.807) is 6.08 Å². The highest BCUT2D eigenvalue weighted by Crippen LogP contribution is 2.10. The summed E-state index contributed by atoms with van der Waals surface area (Å²) in [5.41, 5.74) is 0. The number of carbonyl (C=O) groups excluding carboxylic acids is 2. The van der Waals surface area contributed by atoms with E-state index in [1.165, 1.54) is 27.0 Å². The summed E-state index contributed by atoms with van der Waals surface area (Å²) in [6.07, 6.45) is 4.58. The zero-order chi connectivity index (χ0) is 14.3. The first-order valence-electron chi connectivity index (χ1n) is 5.91. The molecule has 6 heteroatoms. The molecule has 0 unspecified atom stereocenters. The molecule has 1 saturated heterocycles. The Bertz CT molecular complexity index is 381. The Morgan fingerprint density at radius 1 is 1.05 bits per heavy atom. The number of carbonyl (C=O) groups is 2. The number of rotatable bonds is 6. The molecule has 2 amide bonds. The largest absolute Gasteiger partial charge is 0.309 e. The van der Waals surface area contributed by atoms with Gasteiger partial charge >= 0.3 is 0 Å². The van der Waals surface area contributed by atoms with Gasteiger partial charge in [0.25, 0.3) is 0 Å². The van der Waals surface area contributed by atoms with E-state index >= 15 is 0 Å². The molecule has 0 aromatic heterocycles. The highest BCUT2D eigenvalue weighted by Gasteiger charge is 2.28. The van der Waals surface area contributed by atoms with Crippen LogP contribution in [-0.4, -0.2) is 53.3 Å². The van der Waals surface area contributed by atoms with Crippen molar-refractivity contribution in [1.82, 2.24) is 14.9 Å². The first kappa shape index (κ1) is 15.1. The van der Waals surface area contributed by atoms with Gasteiger partial charge < -0.3 is 9.80 Å². The molecule has 0 N–H and O–H groups in total. The minimum Gasteiger partial charge on any atom is -0.309 e. The van der Waals surface area contributed by atoms with Crippen molar-refractivity contribution in [2.75, 3.05) is 26.6 Å². The van der Waals surface area contributed by atoms with E-state index in [-0.39, 0.29) is 31.6 Å². The molecule has 104 valence electrons. The number of hydrogen-bond donors (Lipinski definition) is 0. The summed E-state index contributed by atoms with van der Waals surface area (Å²) in [4.78, 5) is 31.9. The Morgan fingerprint density at radius 2 is 1.74 bits per heavy atom. The fraction of sp³-hybridized carbons (Fsp3) is 0.385. The maximum atomic E-state index is 11.9. The highest BCUT2D eigenvalue weighted by molar-refractivity contribution is 5.87. The van der Waals surface area contributed by atoms with Crippen LogP contribution >= 0.6 is 0 Å². The summed E-state index contributed by atoms with van der Waals surface area (Å²) >= 11 is 0. The van der Waals surface area contributed by atoms with Crippen LogP contribution in [0.3, 0.4) is 0 Å². The molecule has 0 saturated carbocycles. The lowest BCUT2D eigenvalue weighted by atomic mass is 10.3. The van der Waals surface area contributed by atoms with Gasteiger partial charge in [0, 0.05) is 6.42 Å². The molecule has 1 rings (SSSR count). The predicted molar refractivity (Wildman–Crippen MR) is 71.3 cm³/mol. The van der Waals surface area contributed by atoms with Gasteiger partial charge in [-0.25, -0.2) is 0 Å². The number of hydroxylamine groups is 2. The fourth-order valence-electron chi connectivity index (χ4n) is 1.64. The van der Waals surface area contributed by atoms with Crippen molar-refractivity contribution < 1.29 is 14.4 Å². The molecule has 1 aliphatic heterocycles. The lowest BCUT2D eigenvalue weighted by Gasteiger charge is -2.40. The van der Waals surface area contributed by atoms with Gasteiger partial charge in [-0.15, -0.1) is 18.2 Å². The van der Waals surface area contributed by atoms with Crippen molar-refractivity contribution in [3.8, 4) is 0 Å². The average molecular weight is 265 g/mol. The number of hydrogen-bond acceptors (Lipinski definition) is 4. The standard InChI is InChI=1S/C13H19N3O3/c1-4-7-13(18)15-9-14(12(17)6-3)10-16(11-15)19-8-5-2/h4-6H,1-3,7-11H2. The molecule has 1 fully saturated rings. The Balaban J connectivity index is 2.73. The number of amides is 2.